The lowest BCUT2D eigenvalue weighted by molar-refractivity contribution is 0.380. The summed E-state index contributed by atoms with van der Waals surface area (Å²) in [5, 5.41) is 3.90. The minimum absolute atomic E-state index is 0.277. The maximum atomic E-state index is 5.45. The van der Waals surface area contributed by atoms with Crippen molar-refractivity contribution in [3.05, 3.63) is 30.2 Å². The minimum Gasteiger partial charge on any atom is -0.372 e. The van der Waals surface area contributed by atoms with Gasteiger partial charge in [-0.05, 0) is 37.1 Å². The first kappa shape index (κ1) is 11.2. The van der Waals surface area contributed by atoms with Crippen molar-refractivity contribution < 1.29 is 4.52 Å². The number of nitrogens with zero attached hydrogens (tertiary/aromatic N) is 3. The van der Waals surface area contributed by atoms with Crippen LogP contribution in [0.3, 0.4) is 0 Å². The first-order valence-electron chi connectivity index (χ1n) is 6.25. The van der Waals surface area contributed by atoms with Gasteiger partial charge in [0.2, 0.25) is 11.7 Å². The standard InChI is InChI=1S/C13H16N4O/c14-9-12-15-13(16-18-12)10-3-5-11(6-4-10)17-7-1-2-8-17/h3-6H,1-2,7-9,14H2. The summed E-state index contributed by atoms with van der Waals surface area (Å²) in [4.78, 5) is 6.60. The van der Waals surface area contributed by atoms with Gasteiger partial charge in [0.05, 0.1) is 6.54 Å². The van der Waals surface area contributed by atoms with Gasteiger partial charge in [-0.3, -0.25) is 0 Å². The van der Waals surface area contributed by atoms with Crippen molar-refractivity contribution in [2.75, 3.05) is 18.0 Å². The summed E-state index contributed by atoms with van der Waals surface area (Å²) in [6.45, 7) is 2.58. The second kappa shape index (κ2) is 4.78. The third-order valence-electron chi connectivity index (χ3n) is 3.24. The maximum absolute atomic E-state index is 5.45. The molecule has 0 amide bonds. The van der Waals surface area contributed by atoms with Gasteiger partial charge in [-0.25, -0.2) is 0 Å². The highest BCUT2D eigenvalue weighted by atomic mass is 16.5. The average molecular weight is 244 g/mol. The molecule has 0 unspecified atom stereocenters. The zero-order chi connectivity index (χ0) is 12.4. The van der Waals surface area contributed by atoms with Gasteiger partial charge in [-0.2, -0.15) is 4.98 Å². The van der Waals surface area contributed by atoms with E-state index in [0.29, 0.717) is 11.7 Å². The molecular weight excluding hydrogens is 228 g/mol. The van der Waals surface area contributed by atoms with Crippen LogP contribution in [-0.4, -0.2) is 23.2 Å². The molecule has 0 atom stereocenters. The van der Waals surface area contributed by atoms with Crippen molar-refractivity contribution in [1.82, 2.24) is 10.1 Å². The lowest BCUT2D eigenvalue weighted by Gasteiger charge is -2.17. The topological polar surface area (TPSA) is 68.2 Å². The highest BCUT2D eigenvalue weighted by Crippen LogP contribution is 2.23. The summed E-state index contributed by atoms with van der Waals surface area (Å²) >= 11 is 0. The zero-order valence-corrected chi connectivity index (χ0v) is 10.2. The number of aromatic nitrogens is 2. The van der Waals surface area contributed by atoms with Crippen LogP contribution in [0.2, 0.25) is 0 Å². The van der Waals surface area contributed by atoms with Crippen LogP contribution in [0.25, 0.3) is 11.4 Å². The Morgan fingerprint density at radius 3 is 2.50 bits per heavy atom. The van der Waals surface area contributed by atoms with E-state index < -0.39 is 0 Å². The molecule has 1 aromatic heterocycles. The third-order valence-corrected chi connectivity index (χ3v) is 3.24. The fourth-order valence-electron chi connectivity index (χ4n) is 2.25. The highest BCUT2D eigenvalue weighted by molar-refractivity contribution is 5.60. The molecule has 3 rings (SSSR count). The van der Waals surface area contributed by atoms with Crippen molar-refractivity contribution >= 4 is 5.69 Å². The minimum atomic E-state index is 0.277. The number of rotatable bonds is 3. The van der Waals surface area contributed by atoms with Crippen LogP contribution < -0.4 is 10.6 Å². The van der Waals surface area contributed by atoms with Crippen LogP contribution in [-0.2, 0) is 6.54 Å². The normalized spacial score (nSPS) is 15.3. The summed E-state index contributed by atoms with van der Waals surface area (Å²) in [7, 11) is 0. The molecule has 1 aliphatic rings. The van der Waals surface area contributed by atoms with Gasteiger partial charge in [-0.1, -0.05) is 5.16 Å². The largest absolute Gasteiger partial charge is 0.372 e. The van der Waals surface area contributed by atoms with Crippen LogP contribution in [0, 0.1) is 0 Å². The quantitative estimate of drug-likeness (QED) is 0.891. The van der Waals surface area contributed by atoms with Gasteiger partial charge in [0, 0.05) is 24.3 Å². The molecule has 0 radical (unpaired) electrons. The van der Waals surface area contributed by atoms with Gasteiger partial charge in [-0.15, -0.1) is 0 Å². The van der Waals surface area contributed by atoms with E-state index in [0.717, 1.165) is 18.7 Å². The van der Waals surface area contributed by atoms with Gasteiger partial charge in [0.1, 0.15) is 0 Å². The fourth-order valence-corrected chi connectivity index (χ4v) is 2.25. The predicted molar refractivity (Wildman–Crippen MR) is 69.1 cm³/mol. The molecule has 18 heavy (non-hydrogen) atoms. The van der Waals surface area contributed by atoms with Crippen molar-refractivity contribution in [1.29, 1.82) is 0 Å². The summed E-state index contributed by atoms with van der Waals surface area (Å²) in [5.74, 6) is 1.07. The number of anilines is 1. The van der Waals surface area contributed by atoms with E-state index in [1.54, 1.807) is 0 Å². The number of hydrogen-bond donors (Lipinski definition) is 1. The molecular formula is C13H16N4O. The van der Waals surface area contributed by atoms with Crippen molar-refractivity contribution in [3.63, 3.8) is 0 Å². The van der Waals surface area contributed by atoms with E-state index in [9.17, 15) is 0 Å². The van der Waals surface area contributed by atoms with E-state index >= 15 is 0 Å². The number of hydrogen-bond acceptors (Lipinski definition) is 5. The Balaban J connectivity index is 1.81. The van der Waals surface area contributed by atoms with Crippen molar-refractivity contribution in [2.45, 2.75) is 19.4 Å². The zero-order valence-electron chi connectivity index (χ0n) is 10.2. The van der Waals surface area contributed by atoms with Crippen LogP contribution in [0.15, 0.2) is 28.8 Å². The Morgan fingerprint density at radius 2 is 1.89 bits per heavy atom. The third kappa shape index (κ3) is 2.09. The smallest absolute Gasteiger partial charge is 0.240 e. The van der Waals surface area contributed by atoms with Gasteiger partial charge < -0.3 is 15.2 Å². The van der Waals surface area contributed by atoms with E-state index in [1.165, 1.54) is 18.5 Å². The Labute approximate surface area is 106 Å². The number of nitrogens with two attached hydrogens (primary N) is 1. The van der Waals surface area contributed by atoms with E-state index in [1.807, 2.05) is 12.1 Å². The van der Waals surface area contributed by atoms with Gasteiger partial charge in [0.15, 0.2) is 0 Å². The van der Waals surface area contributed by atoms with Crippen molar-refractivity contribution in [3.8, 4) is 11.4 Å². The molecule has 2 aromatic rings. The molecule has 1 fully saturated rings. The second-order valence-corrected chi connectivity index (χ2v) is 4.46. The molecule has 5 nitrogen and oxygen atoms in total. The summed E-state index contributed by atoms with van der Waals surface area (Å²) in [5.41, 5.74) is 7.67. The molecule has 2 heterocycles. The summed E-state index contributed by atoms with van der Waals surface area (Å²) < 4.78 is 5.00. The SMILES string of the molecule is NCc1nc(-c2ccc(N3CCCC3)cc2)no1. The lowest BCUT2D eigenvalue weighted by atomic mass is 10.2. The predicted octanol–water partition coefficient (Wildman–Crippen LogP) is 1.80. The average Bonchev–Trinajstić information content (AvgIpc) is 3.10. The van der Waals surface area contributed by atoms with Crippen molar-refractivity contribution in [2.24, 2.45) is 5.73 Å². The molecule has 0 aliphatic carbocycles. The van der Waals surface area contributed by atoms with Crippen LogP contribution in [0.4, 0.5) is 5.69 Å². The molecule has 2 N–H and O–H groups in total. The first-order chi connectivity index (χ1) is 8.86. The van der Waals surface area contributed by atoms with Gasteiger partial charge >= 0.3 is 0 Å². The van der Waals surface area contributed by atoms with Crippen LogP contribution in [0.5, 0.6) is 0 Å². The monoisotopic (exact) mass is 244 g/mol. The summed E-state index contributed by atoms with van der Waals surface area (Å²) in [6, 6.07) is 8.27. The van der Waals surface area contributed by atoms with E-state index in [-0.39, 0.29) is 6.54 Å². The molecule has 1 aromatic carbocycles. The second-order valence-electron chi connectivity index (χ2n) is 4.46. The molecule has 1 saturated heterocycles. The molecule has 0 saturated carbocycles. The molecule has 5 heteroatoms. The van der Waals surface area contributed by atoms with Gasteiger partial charge in [0.25, 0.3) is 0 Å². The summed E-state index contributed by atoms with van der Waals surface area (Å²) in [6.07, 6.45) is 2.57. The molecule has 0 spiro atoms. The molecule has 0 bridgehead atoms. The first-order valence-corrected chi connectivity index (χ1v) is 6.25. The Morgan fingerprint density at radius 1 is 1.17 bits per heavy atom. The molecule has 94 valence electrons. The highest BCUT2D eigenvalue weighted by Gasteiger charge is 2.13. The lowest BCUT2D eigenvalue weighted by Crippen LogP contribution is -2.17. The Hall–Kier alpha value is -1.88. The van der Waals surface area contributed by atoms with Crippen LogP contribution in [0.1, 0.15) is 18.7 Å². The Kier molecular flexibility index (Phi) is 2.98. The molecule has 1 aliphatic heterocycles. The Bertz CT molecular complexity index is 514. The maximum Gasteiger partial charge on any atom is 0.240 e. The van der Waals surface area contributed by atoms with E-state index in [4.69, 9.17) is 10.3 Å². The van der Waals surface area contributed by atoms with Crippen LogP contribution >= 0.6 is 0 Å². The number of benzene rings is 1. The van der Waals surface area contributed by atoms with E-state index in [2.05, 4.69) is 27.2 Å². The fraction of sp³-hybridized carbons (Fsp3) is 0.385.